The maximum atomic E-state index is 12.8. The fourth-order valence-corrected chi connectivity index (χ4v) is 4.40. The molecular weight excluding hydrogens is 338 g/mol. The van der Waals surface area contributed by atoms with Crippen LogP contribution in [0.5, 0.6) is 11.5 Å². The number of hydrogen-bond donors (Lipinski definition) is 1. The van der Waals surface area contributed by atoms with E-state index in [0.717, 1.165) is 18.4 Å². The molecule has 1 aliphatic carbocycles. The number of sulfonamides is 1. The summed E-state index contributed by atoms with van der Waals surface area (Å²) in [5, 5.41) is 0. The molecular formula is C19H23NO4S. The molecule has 3 rings (SSSR count). The minimum absolute atomic E-state index is 0.184. The van der Waals surface area contributed by atoms with Gasteiger partial charge in [0.15, 0.2) is 11.5 Å². The van der Waals surface area contributed by atoms with Crippen molar-refractivity contribution in [3.05, 3.63) is 53.6 Å². The minimum Gasteiger partial charge on any atom is -0.490 e. The molecule has 5 nitrogen and oxygen atoms in total. The number of rotatable bonds is 7. The highest BCUT2D eigenvalue weighted by atomic mass is 32.2. The van der Waals surface area contributed by atoms with E-state index in [4.69, 9.17) is 9.47 Å². The Bertz CT molecular complexity index is 848. The second-order valence-corrected chi connectivity index (χ2v) is 7.60. The van der Waals surface area contributed by atoms with Crippen molar-refractivity contribution in [2.45, 2.75) is 37.6 Å². The summed E-state index contributed by atoms with van der Waals surface area (Å²) < 4.78 is 39.5. The third kappa shape index (κ3) is 3.80. The van der Waals surface area contributed by atoms with Gasteiger partial charge in [-0.2, -0.15) is 0 Å². The number of fused-ring (bicyclic) bond motifs is 1. The number of ether oxygens (including phenoxy) is 2. The van der Waals surface area contributed by atoms with Gasteiger partial charge >= 0.3 is 0 Å². The largest absolute Gasteiger partial charge is 0.490 e. The predicted molar refractivity (Wildman–Crippen MR) is 96.6 cm³/mol. The molecule has 6 heteroatoms. The highest BCUT2D eigenvalue weighted by Gasteiger charge is 2.27. The van der Waals surface area contributed by atoms with Crippen LogP contribution in [0.25, 0.3) is 0 Å². The quantitative estimate of drug-likeness (QED) is 0.820. The molecule has 0 spiro atoms. The standard InChI is InChI=1S/C19H23NO4S/c1-3-23-18-12-10-15(13-19(18)24-4-2)25(21,22)20-17-11-9-14-7-5-6-8-16(14)17/h5-8,10,12-13,17,20H,3-4,9,11H2,1-2H3/t17-/m1/s1. The summed E-state index contributed by atoms with van der Waals surface area (Å²) in [6.07, 6.45) is 1.66. The van der Waals surface area contributed by atoms with Crippen molar-refractivity contribution in [3.8, 4) is 11.5 Å². The monoisotopic (exact) mass is 361 g/mol. The summed E-state index contributed by atoms with van der Waals surface area (Å²) in [5.74, 6) is 0.994. The third-order valence-corrected chi connectivity index (χ3v) is 5.72. The Hall–Kier alpha value is -2.05. The Morgan fingerprint density at radius 3 is 2.52 bits per heavy atom. The summed E-state index contributed by atoms with van der Waals surface area (Å²) in [5.41, 5.74) is 2.26. The first-order valence-electron chi connectivity index (χ1n) is 8.55. The molecule has 1 aliphatic rings. The lowest BCUT2D eigenvalue weighted by Crippen LogP contribution is -2.27. The molecule has 0 aromatic heterocycles. The van der Waals surface area contributed by atoms with Crippen LogP contribution in [0.15, 0.2) is 47.4 Å². The smallest absolute Gasteiger partial charge is 0.241 e. The van der Waals surface area contributed by atoms with Crippen molar-refractivity contribution >= 4 is 10.0 Å². The maximum Gasteiger partial charge on any atom is 0.241 e. The molecule has 0 radical (unpaired) electrons. The van der Waals surface area contributed by atoms with Crippen molar-refractivity contribution in [2.75, 3.05) is 13.2 Å². The number of nitrogens with one attached hydrogen (secondary N) is 1. The van der Waals surface area contributed by atoms with E-state index in [9.17, 15) is 8.42 Å². The topological polar surface area (TPSA) is 64.6 Å². The summed E-state index contributed by atoms with van der Waals surface area (Å²) in [4.78, 5) is 0.184. The van der Waals surface area contributed by atoms with Gasteiger partial charge in [0.05, 0.1) is 18.1 Å². The molecule has 0 fully saturated rings. The van der Waals surface area contributed by atoms with Crippen LogP contribution in [0.3, 0.4) is 0 Å². The lowest BCUT2D eigenvalue weighted by atomic mass is 10.1. The van der Waals surface area contributed by atoms with Crippen LogP contribution in [-0.2, 0) is 16.4 Å². The third-order valence-electron chi connectivity index (χ3n) is 4.26. The van der Waals surface area contributed by atoms with E-state index in [1.165, 1.54) is 11.6 Å². The Morgan fingerprint density at radius 2 is 1.76 bits per heavy atom. The normalized spacial score (nSPS) is 16.5. The molecule has 0 saturated heterocycles. The van der Waals surface area contributed by atoms with Crippen molar-refractivity contribution in [2.24, 2.45) is 0 Å². The summed E-state index contributed by atoms with van der Waals surface area (Å²) in [6, 6.07) is 12.5. The van der Waals surface area contributed by atoms with E-state index >= 15 is 0 Å². The Morgan fingerprint density at radius 1 is 1.04 bits per heavy atom. The SMILES string of the molecule is CCOc1ccc(S(=O)(=O)N[C@@H]2CCc3ccccc32)cc1OCC. The van der Waals surface area contributed by atoms with Crippen molar-refractivity contribution in [1.29, 1.82) is 0 Å². The van der Waals surface area contributed by atoms with Gasteiger partial charge in [0.1, 0.15) is 0 Å². The summed E-state index contributed by atoms with van der Waals surface area (Å²) >= 11 is 0. The van der Waals surface area contributed by atoms with Gasteiger partial charge in [-0.05, 0) is 49.9 Å². The summed E-state index contributed by atoms with van der Waals surface area (Å²) in [6.45, 7) is 4.65. The fourth-order valence-electron chi connectivity index (χ4n) is 3.13. The average molecular weight is 361 g/mol. The first kappa shape index (κ1) is 17.8. The minimum atomic E-state index is -3.64. The molecule has 1 atom stereocenters. The summed E-state index contributed by atoms with van der Waals surface area (Å²) in [7, 11) is -3.64. The Kier molecular flexibility index (Phi) is 5.30. The molecule has 0 saturated carbocycles. The first-order chi connectivity index (χ1) is 12.0. The van der Waals surface area contributed by atoms with Crippen molar-refractivity contribution < 1.29 is 17.9 Å². The molecule has 1 N–H and O–H groups in total. The Labute approximate surface area is 149 Å². The van der Waals surface area contributed by atoms with Crippen LogP contribution in [-0.4, -0.2) is 21.6 Å². The zero-order chi connectivity index (χ0) is 17.9. The molecule has 0 aliphatic heterocycles. The van der Waals surface area contributed by atoms with Crippen LogP contribution in [0.2, 0.25) is 0 Å². The van der Waals surface area contributed by atoms with Crippen LogP contribution >= 0.6 is 0 Å². The highest BCUT2D eigenvalue weighted by molar-refractivity contribution is 7.89. The van der Waals surface area contributed by atoms with Gasteiger partial charge in [0.25, 0.3) is 0 Å². The molecule has 134 valence electrons. The molecule has 25 heavy (non-hydrogen) atoms. The maximum absolute atomic E-state index is 12.8. The van der Waals surface area contributed by atoms with Gasteiger partial charge in [-0.3, -0.25) is 0 Å². The molecule has 0 heterocycles. The van der Waals surface area contributed by atoms with Gasteiger partial charge in [-0.15, -0.1) is 0 Å². The van der Waals surface area contributed by atoms with E-state index in [1.54, 1.807) is 12.1 Å². The number of hydrogen-bond acceptors (Lipinski definition) is 4. The van der Waals surface area contributed by atoms with E-state index in [1.807, 2.05) is 38.1 Å². The van der Waals surface area contributed by atoms with Gasteiger partial charge < -0.3 is 9.47 Å². The second-order valence-electron chi connectivity index (χ2n) is 5.89. The van der Waals surface area contributed by atoms with Crippen molar-refractivity contribution in [3.63, 3.8) is 0 Å². The van der Waals surface area contributed by atoms with Gasteiger partial charge in [0.2, 0.25) is 10.0 Å². The lowest BCUT2D eigenvalue weighted by molar-refractivity contribution is 0.287. The average Bonchev–Trinajstić information content (AvgIpc) is 2.99. The van der Waals surface area contributed by atoms with Crippen LogP contribution in [0.1, 0.15) is 37.4 Å². The van der Waals surface area contributed by atoms with E-state index in [0.29, 0.717) is 24.7 Å². The fraction of sp³-hybridized carbons (Fsp3) is 0.368. The van der Waals surface area contributed by atoms with Gasteiger partial charge in [-0.1, -0.05) is 24.3 Å². The van der Waals surface area contributed by atoms with E-state index < -0.39 is 10.0 Å². The molecule has 2 aromatic rings. The van der Waals surface area contributed by atoms with Crippen LogP contribution in [0, 0.1) is 0 Å². The van der Waals surface area contributed by atoms with E-state index in [2.05, 4.69) is 4.72 Å². The van der Waals surface area contributed by atoms with Crippen LogP contribution < -0.4 is 14.2 Å². The van der Waals surface area contributed by atoms with Crippen LogP contribution in [0.4, 0.5) is 0 Å². The molecule has 0 bridgehead atoms. The number of benzene rings is 2. The van der Waals surface area contributed by atoms with E-state index in [-0.39, 0.29) is 10.9 Å². The molecule has 0 amide bonds. The molecule has 2 aromatic carbocycles. The predicted octanol–water partition coefficient (Wildman–Crippen LogP) is 3.45. The zero-order valence-corrected chi connectivity index (χ0v) is 15.3. The zero-order valence-electron chi connectivity index (χ0n) is 14.5. The Balaban J connectivity index is 1.86. The van der Waals surface area contributed by atoms with Gasteiger partial charge in [0, 0.05) is 12.1 Å². The lowest BCUT2D eigenvalue weighted by Gasteiger charge is -2.16. The number of aryl methyl sites for hydroxylation is 1. The van der Waals surface area contributed by atoms with Crippen molar-refractivity contribution in [1.82, 2.24) is 4.72 Å². The van der Waals surface area contributed by atoms with Gasteiger partial charge in [-0.25, -0.2) is 13.1 Å². The first-order valence-corrected chi connectivity index (χ1v) is 10.0. The molecule has 0 unspecified atom stereocenters. The highest BCUT2D eigenvalue weighted by Crippen LogP contribution is 2.34. The second kappa shape index (κ2) is 7.45.